The van der Waals surface area contributed by atoms with Gasteiger partial charge >= 0.3 is 0 Å². The third kappa shape index (κ3) is 3.64. The number of rotatable bonds is 4. The lowest BCUT2D eigenvalue weighted by molar-refractivity contribution is -0.129. The van der Waals surface area contributed by atoms with Crippen LogP contribution in [0.1, 0.15) is 29.4 Å². The Morgan fingerprint density at radius 1 is 1.38 bits per heavy atom. The highest BCUT2D eigenvalue weighted by Gasteiger charge is 2.28. The van der Waals surface area contributed by atoms with E-state index in [1.807, 2.05) is 29.2 Å². The lowest BCUT2D eigenvalue weighted by atomic mass is 10.0. The quantitative estimate of drug-likeness (QED) is 0.926. The number of hydrogen-bond donors (Lipinski definition) is 1. The number of benzene rings is 1. The summed E-state index contributed by atoms with van der Waals surface area (Å²) in [5, 5.41) is 0. The molecule has 1 fully saturated rings. The normalized spacial score (nSPS) is 17.1. The number of aryl methyl sites for hydroxylation is 1. The maximum atomic E-state index is 12.5. The minimum absolute atomic E-state index is 0.101. The second-order valence-electron chi connectivity index (χ2n) is 6.11. The van der Waals surface area contributed by atoms with E-state index < -0.39 is 0 Å². The molecule has 6 nitrogen and oxygen atoms in total. The lowest BCUT2D eigenvalue weighted by Crippen LogP contribution is -2.30. The van der Waals surface area contributed by atoms with Gasteiger partial charge in [0, 0.05) is 25.1 Å². The average molecular weight is 327 g/mol. The lowest BCUT2D eigenvalue weighted by Gasteiger charge is -2.16. The highest BCUT2D eigenvalue weighted by Crippen LogP contribution is 2.25. The summed E-state index contributed by atoms with van der Waals surface area (Å²) in [6.45, 7) is 3.09. The molecule has 126 valence electrons. The van der Waals surface area contributed by atoms with Crippen molar-refractivity contribution in [2.75, 3.05) is 20.2 Å². The first-order chi connectivity index (χ1) is 11.5. The molecule has 6 heteroatoms. The number of methoxy groups -OCH3 is 1. The summed E-state index contributed by atoms with van der Waals surface area (Å²) in [4.78, 5) is 33.0. The van der Waals surface area contributed by atoms with Crippen molar-refractivity contribution in [1.82, 2.24) is 14.9 Å². The van der Waals surface area contributed by atoms with Gasteiger partial charge in [-0.3, -0.25) is 9.59 Å². The molecular weight excluding hydrogens is 306 g/mol. The van der Waals surface area contributed by atoms with Gasteiger partial charge in [-0.2, -0.15) is 0 Å². The number of nitrogens with one attached hydrogen (secondary N) is 1. The minimum Gasteiger partial charge on any atom is -0.497 e. The van der Waals surface area contributed by atoms with Crippen LogP contribution in [0.2, 0.25) is 0 Å². The summed E-state index contributed by atoms with van der Waals surface area (Å²) >= 11 is 0. The molecule has 0 bridgehead atoms. The maximum absolute atomic E-state index is 12.5. The van der Waals surface area contributed by atoms with E-state index in [9.17, 15) is 9.59 Å². The molecular formula is C18H21N3O3. The summed E-state index contributed by atoms with van der Waals surface area (Å²) < 4.78 is 5.13. The van der Waals surface area contributed by atoms with E-state index in [2.05, 4.69) is 9.97 Å². The van der Waals surface area contributed by atoms with Gasteiger partial charge in [-0.15, -0.1) is 0 Å². The summed E-state index contributed by atoms with van der Waals surface area (Å²) in [5.74, 6) is 1.62. The Hall–Kier alpha value is -2.63. The standard InChI is InChI=1S/C18H21N3O3/c1-12-19-16(10-17(22)20-12)14-7-8-21(11-14)18(23)9-13-3-5-15(24-2)6-4-13/h3-6,10,14H,7-9,11H2,1-2H3,(H,19,20,22)/t14-/m1/s1. The van der Waals surface area contributed by atoms with Crippen LogP contribution in [0.5, 0.6) is 5.75 Å². The number of hydrogen-bond acceptors (Lipinski definition) is 4. The molecule has 1 aromatic heterocycles. The zero-order valence-corrected chi connectivity index (χ0v) is 13.9. The molecule has 0 saturated carbocycles. The van der Waals surface area contributed by atoms with Gasteiger partial charge in [-0.25, -0.2) is 4.98 Å². The van der Waals surface area contributed by atoms with Gasteiger partial charge in [0.25, 0.3) is 5.56 Å². The van der Waals surface area contributed by atoms with Crippen molar-refractivity contribution < 1.29 is 9.53 Å². The first-order valence-corrected chi connectivity index (χ1v) is 8.03. The van der Waals surface area contributed by atoms with Crippen LogP contribution < -0.4 is 10.3 Å². The predicted molar refractivity (Wildman–Crippen MR) is 90.2 cm³/mol. The second kappa shape index (κ2) is 6.86. The van der Waals surface area contributed by atoms with E-state index >= 15 is 0 Å². The Morgan fingerprint density at radius 3 is 2.79 bits per heavy atom. The van der Waals surface area contributed by atoms with E-state index in [1.165, 1.54) is 6.07 Å². The molecule has 1 N–H and O–H groups in total. The van der Waals surface area contributed by atoms with Crippen molar-refractivity contribution in [1.29, 1.82) is 0 Å². The van der Waals surface area contributed by atoms with Crippen molar-refractivity contribution in [2.24, 2.45) is 0 Å². The van der Waals surface area contributed by atoms with E-state index in [-0.39, 0.29) is 17.4 Å². The van der Waals surface area contributed by atoms with Crippen LogP contribution in [-0.2, 0) is 11.2 Å². The first-order valence-electron chi connectivity index (χ1n) is 8.03. The number of amides is 1. The Kier molecular flexibility index (Phi) is 4.64. The van der Waals surface area contributed by atoms with Crippen molar-refractivity contribution in [3.63, 3.8) is 0 Å². The van der Waals surface area contributed by atoms with E-state index in [1.54, 1.807) is 14.0 Å². The van der Waals surface area contributed by atoms with Crippen LogP contribution in [0.4, 0.5) is 0 Å². The molecule has 2 heterocycles. The highest BCUT2D eigenvalue weighted by atomic mass is 16.5. The van der Waals surface area contributed by atoms with E-state index in [0.717, 1.165) is 23.4 Å². The molecule has 1 amide bonds. The number of carbonyl (C=O) groups is 1. The SMILES string of the molecule is COc1ccc(CC(=O)N2CC[C@@H](c3cc(=O)[nH]c(C)n3)C2)cc1. The monoisotopic (exact) mass is 327 g/mol. The number of aromatic amines is 1. The van der Waals surface area contributed by atoms with Gasteiger partial charge in [0.1, 0.15) is 11.6 Å². The van der Waals surface area contributed by atoms with Crippen LogP contribution >= 0.6 is 0 Å². The Morgan fingerprint density at radius 2 is 2.12 bits per heavy atom. The van der Waals surface area contributed by atoms with E-state index in [4.69, 9.17) is 4.74 Å². The van der Waals surface area contributed by atoms with Crippen molar-refractivity contribution >= 4 is 5.91 Å². The fraction of sp³-hybridized carbons (Fsp3) is 0.389. The molecule has 0 unspecified atom stereocenters. The van der Waals surface area contributed by atoms with Gasteiger partial charge in [-0.05, 0) is 31.0 Å². The average Bonchev–Trinajstić information content (AvgIpc) is 3.05. The number of carbonyl (C=O) groups excluding carboxylic acids is 1. The minimum atomic E-state index is -0.138. The summed E-state index contributed by atoms with van der Waals surface area (Å²) in [6, 6.07) is 9.07. The van der Waals surface area contributed by atoms with Crippen LogP contribution in [0.3, 0.4) is 0 Å². The summed E-state index contributed by atoms with van der Waals surface area (Å²) in [6.07, 6.45) is 1.21. The molecule has 1 atom stereocenters. The van der Waals surface area contributed by atoms with Gasteiger partial charge in [0.2, 0.25) is 5.91 Å². The Bertz CT molecular complexity index is 783. The Balaban J connectivity index is 1.64. The predicted octanol–water partition coefficient (Wildman–Crippen LogP) is 1.65. The third-order valence-corrected chi connectivity index (χ3v) is 4.35. The van der Waals surface area contributed by atoms with Crippen LogP contribution in [0.15, 0.2) is 35.1 Å². The van der Waals surface area contributed by atoms with Crippen molar-refractivity contribution in [3.05, 3.63) is 57.8 Å². The van der Waals surface area contributed by atoms with Crippen molar-refractivity contribution in [3.8, 4) is 5.75 Å². The van der Waals surface area contributed by atoms with Crippen LogP contribution in [-0.4, -0.2) is 41.0 Å². The highest BCUT2D eigenvalue weighted by molar-refractivity contribution is 5.79. The molecule has 0 spiro atoms. The molecule has 2 aromatic rings. The fourth-order valence-electron chi connectivity index (χ4n) is 3.07. The summed E-state index contributed by atoms with van der Waals surface area (Å²) in [7, 11) is 1.62. The van der Waals surface area contributed by atoms with Crippen LogP contribution in [0, 0.1) is 6.92 Å². The molecule has 0 aliphatic carbocycles. The molecule has 0 radical (unpaired) electrons. The number of nitrogens with zero attached hydrogens (tertiary/aromatic N) is 2. The number of likely N-dealkylation sites (tertiary alicyclic amines) is 1. The zero-order chi connectivity index (χ0) is 17.1. The largest absolute Gasteiger partial charge is 0.497 e. The second-order valence-corrected chi connectivity index (χ2v) is 6.11. The van der Waals surface area contributed by atoms with Gasteiger partial charge in [0.05, 0.1) is 19.2 Å². The first kappa shape index (κ1) is 16.2. The molecule has 1 aliphatic rings. The molecule has 1 saturated heterocycles. The van der Waals surface area contributed by atoms with Gasteiger partial charge in [0.15, 0.2) is 0 Å². The van der Waals surface area contributed by atoms with Gasteiger partial charge in [-0.1, -0.05) is 12.1 Å². The molecule has 1 aromatic carbocycles. The van der Waals surface area contributed by atoms with Crippen molar-refractivity contribution in [2.45, 2.75) is 25.7 Å². The van der Waals surface area contributed by atoms with Crippen LogP contribution in [0.25, 0.3) is 0 Å². The smallest absolute Gasteiger partial charge is 0.251 e. The maximum Gasteiger partial charge on any atom is 0.251 e. The Labute approximate surface area is 140 Å². The third-order valence-electron chi connectivity index (χ3n) is 4.35. The number of ether oxygens (including phenoxy) is 1. The fourth-order valence-corrected chi connectivity index (χ4v) is 3.07. The summed E-state index contributed by atoms with van der Waals surface area (Å²) in [5.41, 5.74) is 1.60. The number of H-pyrrole nitrogens is 1. The molecule has 1 aliphatic heterocycles. The molecule has 3 rings (SSSR count). The van der Waals surface area contributed by atoms with E-state index in [0.29, 0.717) is 25.3 Å². The van der Waals surface area contributed by atoms with Gasteiger partial charge < -0.3 is 14.6 Å². The topological polar surface area (TPSA) is 75.3 Å². The zero-order valence-electron chi connectivity index (χ0n) is 13.9. The number of aromatic nitrogens is 2. The molecule has 24 heavy (non-hydrogen) atoms.